The van der Waals surface area contributed by atoms with E-state index in [1.165, 1.54) is 14.0 Å². The first kappa shape index (κ1) is 20.1. The Bertz CT molecular complexity index is 783. The Hall–Kier alpha value is -1.19. The SMILES string of the molecule is CN(C)P(On1nnc2ccccc21)(OP(=O)(O)F)(N(C)C)N(C)C. The Labute approximate surface area is 145 Å². The number of halogens is 1. The molecule has 25 heavy (non-hydrogen) atoms. The van der Waals surface area contributed by atoms with E-state index in [1.54, 1.807) is 66.6 Å². The molecule has 0 radical (unpaired) electrons. The monoisotopic (exact) mass is 396 g/mol. The van der Waals surface area contributed by atoms with Crippen molar-refractivity contribution in [1.82, 2.24) is 29.2 Å². The summed E-state index contributed by atoms with van der Waals surface area (Å²) in [6.07, 6.45) is 0. The number of hydrogen-bond donors (Lipinski definition) is 1. The zero-order valence-electron chi connectivity index (χ0n) is 14.9. The van der Waals surface area contributed by atoms with Crippen LogP contribution in [0.15, 0.2) is 24.3 Å². The normalized spacial score (nSPS) is 17.0. The summed E-state index contributed by atoms with van der Waals surface area (Å²) in [4.78, 5) is 10.5. The average molecular weight is 396 g/mol. The second-order valence-corrected chi connectivity index (χ2v) is 11.7. The molecule has 10 nitrogen and oxygen atoms in total. The van der Waals surface area contributed by atoms with Gasteiger partial charge in [0.05, 0.1) is 0 Å². The standard InChI is InChI=1S/C12H23FN6O4P2/c1-16(2)25(17(3)4,18(5)6,23-24(13,20)21)22-19-12-10-8-7-9-11(12)14-15-19/h7-10H,1-6H3,(H,20,21). The van der Waals surface area contributed by atoms with E-state index in [0.717, 1.165) is 4.85 Å². The van der Waals surface area contributed by atoms with E-state index in [2.05, 4.69) is 10.3 Å². The van der Waals surface area contributed by atoms with Gasteiger partial charge >= 0.3 is 145 Å². The molecular weight excluding hydrogens is 373 g/mol. The van der Waals surface area contributed by atoms with Gasteiger partial charge in [-0.15, -0.1) is 0 Å². The van der Waals surface area contributed by atoms with E-state index in [4.69, 9.17) is 8.94 Å². The summed E-state index contributed by atoms with van der Waals surface area (Å²) in [5, 5.41) is 7.91. The van der Waals surface area contributed by atoms with Crippen LogP contribution >= 0.6 is 15.4 Å². The van der Waals surface area contributed by atoms with Gasteiger partial charge in [0.25, 0.3) is 0 Å². The van der Waals surface area contributed by atoms with E-state index < -0.39 is 15.4 Å². The Kier molecular flexibility index (Phi) is 5.24. The van der Waals surface area contributed by atoms with Gasteiger partial charge in [-0.05, 0) is 0 Å². The van der Waals surface area contributed by atoms with Crippen molar-refractivity contribution in [1.29, 1.82) is 0 Å². The summed E-state index contributed by atoms with van der Waals surface area (Å²) in [7, 11) is -0.641. The van der Waals surface area contributed by atoms with Gasteiger partial charge < -0.3 is 0 Å². The molecule has 0 fully saturated rings. The number of benzene rings is 1. The Balaban J connectivity index is 2.75. The van der Waals surface area contributed by atoms with Crippen LogP contribution in [0.3, 0.4) is 0 Å². The van der Waals surface area contributed by atoms with Crippen molar-refractivity contribution in [3.63, 3.8) is 0 Å². The van der Waals surface area contributed by atoms with Crippen molar-refractivity contribution in [2.45, 2.75) is 0 Å². The summed E-state index contributed by atoms with van der Waals surface area (Å²) < 4.78 is 41.0. The molecule has 0 spiro atoms. The minimum absolute atomic E-state index is 0.497. The van der Waals surface area contributed by atoms with Crippen molar-refractivity contribution < 1.29 is 22.6 Å². The van der Waals surface area contributed by atoms with Crippen LogP contribution in [-0.2, 0) is 8.88 Å². The molecule has 0 bridgehead atoms. The molecular formula is C12H23FN6O4P2. The van der Waals surface area contributed by atoms with Crippen LogP contribution < -0.4 is 4.62 Å². The van der Waals surface area contributed by atoms with E-state index in [0.29, 0.717) is 11.0 Å². The maximum absolute atomic E-state index is 13.9. The van der Waals surface area contributed by atoms with Gasteiger partial charge in [-0.25, -0.2) is 0 Å². The molecule has 2 aromatic rings. The molecule has 0 aliphatic rings. The van der Waals surface area contributed by atoms with Crippen molar-refractivity contribution in [3.05, 3.63) is 24.3 Å². The number of hydrogen-bond acceptors (Lipinski definition) is 8. The zero-order valence-corrected chi connectivity index (χ0v) is 16.7. The predicted octanol–water partition coefficient (Wildman–Crippen LogP) is 1.76. The molecule has 0 aliphatic heterocycles. The third-order valence-corrected chi connectivity index (χ3v) is 10.3. The van der Waals surface area contributed by atoms with Gasteiger partial charge in [-0.1, -0.05) is 0 Å². The van der Waals surface area contributed by atoms with Gasteiger partial charge in [-0.3, -0.25) is 0 Å². The fourth-order valence-electron chi connectivity index (χ4n) is 2.75. The second kappa shape index (κ2) is 6.51. The van der Waals surface area contributed by atoms with Crippen LogP contribution in [0.1, 0.15) is 0 Å². The maximum atomic E-state index is 13.9. The van der Waals surface area contributed by atoms with Crippen LogP contribution in [0, 0.1) is 0 Å². The quantitative estimate of drug-likeness (QED) is 0.702. The van der Waals surface area contributed by atoms with Gasteiger partial charge in [0.2, 0.25) is 0 Å². The molecule has 0 saturated carbocycles. The first-order valence-corrected chi connectivity index (χ1v) is 10.6. The summed E-state index contributed by atoms with van der Waals surface area (Å²) in [5.41, 5.74) is 1.04. The van der Waals surface area contributed by atoms with Crippen LogP contribution in [-0.4, -0.2) is 76.3 Å². The van der Waals surface area contributed by atoms with Crippen LogP contribution in [0.4, 0.5) is 4.20 Å². The zero-order chi connectivity index (χ0) is 19.1. The molecule has 1 atom stereocenters. The molecule has 1 aromatic heterocycles. The van der Waals surface area contributed by atoms with Gasteiger partial charge in [0, 0.05) is 0 Å². The summed E-state index contributed by atoms with van der Waals surface area (Å²) in [6.45, 7) is 0. The molecule has 142 valence electrons. The van der Waals surface area contributed by atoms with E-state index in [1.807, 2.05) is 0 Å². The number of aromatic nitrogens is 3. The topological polar surface area (TPSA) is 96.2 Å². The van der Waals surface area contributed by atoms with Crippen LogP contribution in [0.5, 0.6) is 0 Å². The fraction of sp³-hybridized carbons (Fsp3) is 0.500. The predicted molar refractivity (Wildman–Crippen MR) is 94.1 cm³/mol. The molecule has 0 aliphatic carbocycles. The minimum atomic E-state index is -5.45. The van der Waals surface area contributed by atoms with Crippen LogP contribution in [0.2, 0.25) is 0 Å². The molecule has 0 saturated heterocycles. The number of nitrogens with zero attached hydrogens (tertiary/aromatic N) is 6. The number of para-hydroxylation sites is 1. The van der Waals surface area contributed by atoms with Gasteiger partial charge in [-0.2, -0.15) is 0 Å². The third kappa shape index (κ3) is 3.17. The fourth-order valence-corrected chi connectivity index (χ4v) is 9.00. The average Bonchev–Trinajstić information content (AvgIpc) is 2.87. The van der Waals surface area contributed by atoms with Gasteiger partial charge in [0.15, 0.2) is 0 Å². The van der Waals surface area contributed by atoms with Crippen molar-refractivity contribution >= 4 is 26.4 Å². The van der Waals surface area contributed by atoms with E-state index in [-0.39, 0.29) is 0 Å². The Morgan fingerprint density at radius 1 is 1.12 bits per heavy atom. The number of rotatable bonds is 7. The van der Waals surface area contributed by atoms with Crippen molar-refractivity contribution in [2.24, 2.45) is 0 Å². The molecule has 1 unspecified atom stereocenters. The van der Waals surface area contributed by atoms with E-state index >= 15 is 0 Å². The van der Waals surface area contributed by atoms with E-state index in [9.17, 15) is 13.7 Å². The summed E-state index contributed by atoms with van der Waals surface area (Å²) >= 11 is 0. The van der Waals surface area contributed by atoms with Crippen molar-refractivity contribution in [3.8, 4) is 0 Å². The second-order valence-electron chi connectivity index (χ2n) is 5.94. The molecule has 2 rings (SSSR count). The molecule has 1 aromatic carbocycles. The van der Waals surface area contributed by atoms with Crippen LogP contribution in [0.25, 0.3) is 11.0 Å². The molecule has 1 N–H and O–H groups in total. The van der Waals surface area contributed by atoms with Gasteiger partial charge in [0.1, 0.15) is 0 Å². The Morgan fingerprint density at radius 3 is 2.12 bits per heavy atom. The Morgan fingerprint density at radius 2 is 1.64 bits per heavy atom. The third-order valence-electron chi connectivity index (χ3n) is 3.84. The first-order chi connectivity index (χ1) is 11.4. The summed E-state index contributed by atoms with van der Waals surface area (Å²) in [5.74, 6) is 0. The molecule has 1 heterocycles. The first-order valence-electron chi connectivity index (χ1n) is 7.24. The van der Waals surface area contributed by atoms with Crippen molar-refractivity contribution in [2.75, 3.05) is 42.3 Å². The summed E-state index contributed by atoms with van der Waals surface area (Å²) in [6, 6.07) is 6.97. The molecule has 13 heteroatoms. The molecule has 0 amide bonds. The number of fused-ring (bicyclic) bond motifs is 1.